The molecule has 0 aliphatic rings. The van der Waals surface area contributed by atoms with Crippen molar-refractivity contribution in [2.45, 2.75) is 0 Å². The molecule has 0 saturated carbocycles. The van der Waals surface area contributed by atoms with Crippen LogP contribution >= 0.6 is 27.3 Å². The summed E-state index contributed by atoms with van der Waals surface area (Å²) in [5, 5.41) is 10.8. The average molecular weight is 352 g/mol. The first-order valence-corrected chi connectivity index (χ1v) is 7.12. The van der Waals surface area contributed by atoms with Crippen LogP contribution in [0.4, 0.5) is 5.13 Å². The Morgan fingerprint density at radius 1 is 1.35 bits per heavy atom. The summed E-state index contributed by atoms with van der Waals surface area (Å²) < 4.78 is 5.95. The van der Waals surface area contributed by atoms with Crippen molar-refractivity contribution in [3.05, 3.63) is 50.2 Å². The number of halogens is 1. The van der Waals surface area contributed by atoms with Gasteiger partial charge in [-0.15, -0.1) is 10.2 Å². The molecule has 6 nitrogen and oxygen atoms in total. The van der Waals surface area contributed by atoms with E-state index in [-0.39, 0.29) is 5.56 Å². The topological polar surface area (TPSA) is 85.1 Å². The van der Waals surface area contributed by atoms with Gasteiger partial charge in [0, 0.05) is 9.86 Å². The maximum Gasteiger partial charge on any atom is 0.349 e. The molecule has 2 heterocycles. The Morgan fingerprint density at radius 3 is 2.95 bits per heavy atom. The van der Waals surface area contributed by atoms with Crippen molar-refractivity contribution in [1.82, 2.24) is 10.2 Å². The maximum absolute atomic E-state index is 12.0. The van der Waals surface area contributed by atoms with E-state index in [0.717, 1.165) is 15.8 Å². The number of aromatic nitrogens is 2. The monoisotopic (exact) mass is 351 g/mol. The molecule has 1 aromatic carbocycles. The van der Waals surface area contributed by atoms with E-state index in [2.05, 4.69) is 31.4 Å². The van der Waals surface area contributed by atoms with E-state index in [1.54, 1.807) is 18.2 Å². The van der Waals surface area contributed by atoms with E-state index in [1.165, 1.54) is 11.6 Å². The highest BCUT2D eigenvalue weighted by Gasteiger charge is 2.15. The number of anilines is 1. The van der Waals surface area contributed by atoms with Crippen molar-refractivity contribution >= 4 is 49.3 Å². The van der Waals surface area contributed by atoms with E-state index in [4.69, 9.17) is 4.42 Å². The molecular weight excluding hydrogens is 346 g/mol. The first-order valence-electron chi connectivity index (χ1n) is 5.44. The predicted octanol–water partition coefficient (Wildman–Crippen LogP) is 2.66. The quantitative estimate of drug-likeness (QED) is 0.717. The molecule has 0 bridgehead atoms. The van der Waals surface area contributed by atoms with Gasteiger partial charge in [-0.05, 0) is 24.3 Å². The van der Waals surface area contributed by atoms with Crippen LogP contribution < -0.4 is 10.9 Å². The van der Waals surface area contributed by atoms with Crippen molar-refractivity contribution in [3.8, 4) is 0 Å². The Hall–Kier alpha value is -2.06. The number of nitrogens with zero attached hydrogens (tertiary/aromatic N) is 2. The van der Waals surface area contributed by atoms with E-state index >= 15 is 0 Å². The molecule has 0 atom stereocenters. The smallest absolute Gasteiger partial charge is 0.349 e. The zero-order valence-corrected chi connectivity index (χ0v) is 12.2. The minimum Gasteiger partial charge on any atom is -0.422 e. The molecule has 1 N–H and O–H groups in total. The molecule has 3 aromatic rings. The molecule has 100 valence electrons. The van der Waals surface area contributed by atoms with Gasteiger partial charge in [-0.3, -0.25) is 10.1 Å². The molecule has 20 heavy (non-hydrogen) atoms. The van der Waals surface area contributed by atoms with E-state index < -0.39 is 11.5 Å². The summed E-state index contributed by atoms with van der Waals surface area (Å²) in [5.41, 5.74) is 1.13. The van der Waals surface area contributed by atoms with Crippen LogP contribution in [0.15, 0.2) is 43.5 Å². The van der Waals surface area contributed by atoms with E-state index in [1.807, 2.05) is 0 Å². The van der Waals surface area contributed by atoms with Gasteiger partial charge in [0.2, 0.25) is 5.13 Å². The summed E-state index contributed by atoms with van der Waals surface area (Å²) in [7, 11) is 0. The van der Waals surface area contributed by atoms with Gasteiger partial charge in [0.15, 0.2) is 0 Å². The lowest BCUT2D eigenvalue weighted by Gasteiger charge is -2.02. The fourth-order valence-corrected chi connectivity index (χ4v) is 2.46. The lowest BCUT2D eigenvalue weighted by atomic mass is 10.2. The Morgan fingerprint density at radius 2 is 2.20 bits per heavy atom. The third-order valence-corrected chi connectivity index (χ3v) is 3.62. The number of amides is 1. The number of hydrogen-bond acceptors (Lipinski definition) is 6. The van der Waals surface area contributed by atoms with Crippen molar-refractivity contribution < 1.29 is 9.21 Å². The predicted molar refractivity (Wildman–Crippen MR) is 78.0 cm³/mol. The number of carbonyl (C=O) groups excluding carboxylic acids is 1. The van der Waals surface area contributed by atoms with Gasteiger partial charge >= 0.3 is 5.63 Å². The van der Waals surface area contributed by atoms with E-state index in [0.29, 0.717) is 16.1 Å². The summed E-state index contributed by atoms with van der Waals surface area (Å²) in [6.07, 6.45) is 0. The summed E-state index contributed by atoms with van der Waals surface area (Å²) in [4.78, 5) is 23.8. The molecule has 2 aromatic heterocycles. The summed E-state index contributed by atoms with van der Waals surface area (Å²) in [6, 6.07) is 6.67. The maximum atomic E-state index is 12.0. The molecule has 0 spiro atoms. The molecule has 0 fully saturated rings. The minimum atomic E-state index is -0.693. The van der Waals surface area contributed by atoms with Gasteiger partial charge in [0.1, 0.15) is 16.7 Å². The molecule has 0 radical (unpaired) electrons. The molecule has 0 unspecified atom stereocenters. The van der Waals surface area contributed by atoms with Crippen LogP contribution in [0.25, 0.3) is 11.0 Å². The number of carbonyl (C=O) groups is 1. The Labute approximate surface area is 124 Å². The normalized spacial score (nSPS) is 10.7. The lowest BCUT2D eigenvalue weighted by Crippen LogP contribution is -2.20. The molecule has 8 heteroatoms. The van der Waals surface area contributed by atoms with Crippen LogP contribution in [-0.2, 0) is 0 Å². The number of fused-ring (bicyclic) bond motifs is 1. The zero-order chi connectivity index (χ0) is 14.1. The molecule has 3 rings (SSSR count). The molecular formula is C12H6BrN3O3S. The highest BCUT2D eigenvalue weighted by Crippen LogP contribution is 2.19. The standard InChI is InChI=1S/C12H6BrN3O3S/c13-7-1-2-9-6(3-7)4-8(11(18)19-9)10(17)15-12-16-14-5-20-12/h1-5H,(H,15,16,17). The van der Waals surface area contributed by atoms with Gasteiger partial charge < -0.3 is 4.42 Å². The average Bonchev–Trinajstić information content (AvgIpc) is 2.91. The van der Waals surface area contributed by atoms with Crippen LogP contribution in [0.2, 0.25) is 0 Å². The number of nitrogens with one attached hydrogen (secondary N) is 1. The Kier molecular flexibility index (Phi) is 3.33. The molecule has 0 saturated heterocycles. The van der Waals surface area contributed by atoms with Crippen LogP contribution in [0.5, 0.6) is 0 Å². The fourth-order valence-electron chi connectivity index (χ4n) is 1.64. The molecule has 0 aliphatic heterocycles. The van der Waals surface area contributed by atoms with E-state index in [9.17, 15) is 9.59 Å². The minimum absolute atomic E-state index is 0.0780. The zero-order valence-electron chi connectivity index (χ0n) is 9.79. The SMILES string of the molecule is O=C(Nc1nncs1)c1cc2cc(Br)ccc2oc1=O. The summed E-state index contributed by atoms with van der Waals surface area (Å²) in [5.74, 6) is -0.572. The number of benzene rings is 1. The highest BCUT2D eigenvalue weighted by atomic mass is 79.9. The molecule has 0 aliphatic carbocycles. The second-order valence-electron chi connectivity index (χ2n) is 3.83. The second-order valence-corrected chi connectivity index (χ2v) is 5.58. The van der Waals surface area contributed by atoms with Gasteiger partial charge in [-0.25, -0.2) is 4.79 Å². The fraction of sp³-hybridized carbons (Fsp3) is 0. The van der Waals surface area contributed by atoms with Crippen molar-refractivity contribution in [3.63, 3.8) is 0 Å². The third kappa shape index (κ3) is 2.47. The van der Waals surface area contributed by atoms with Crippen molar-refractivity contribution in [2.75, 3.05) is 5.32 Å². The van der Waals surface area contributed by atoms with Crippen molar-refractivity contribution in [2.24, 2.45) is 0 Å². The lowest BCUT2D eigenvalue weighted by molar-refractivity contribution is 0.102. The number of rotatable bonds is 2. The van der Waals surface area contributed by atoms with Gasteiger partial charge in [-0.2, -0.15) is 0 Å². The summed E-state index contributed by atoms with van der Waals surface area (Å²) >= 11 is 4.49. The summed E-state index contributed by atoms with van der Waals surface area (Å²) in [6.45, 7) is 0. The van der Waals surface area contributed by atoms with Gasteiger partial charge in [0.05, 0.1) is 0 Å². The largest absolute Gasteiger partial charge is 0.422 e. The molecule has 1 amide bonds. The highest BCUT2D eigenvalue weighted by molar-refractivity contribution is 9.10. The second kappa shape index (κ2) is 5.14. The van der Waals surface area contributed by atoms with Crippen LogP contribution in [0.1, 0.15) is 10.4 Å². The number of hydrogen-bond donors (Lipinski definition) is 1. The van der Waals surface area contributed by atoms with Gasteiger partial charge in [0.25, 0.3) is 5.91 Å². The van der Waals surface area contributed by atoms with Crippen LogP contribution in [-0.4, -0.2) is 16.1 Å². The third-order valence-electron chi connectivity index (χ3n) is 2.52. The first-order chi connectivity index (χ1) is 9.63. The van der Waals surface area contributed by atoms with Gasteiger partial charge in [-0.1, -0.05) is 27.3 Å². The van der Waals surface area contributed by atoms with Crippen LogP contribution in [0.3, 0.4) is 0 Å². The first kappa shape index (κ1) is 12.9. The Balaban J connectivity index is 2.04. The van der Waals surface area contributed by atoms with Crippen molar-refractivity contribution in [1.29, 1.82) is 0 Å². The Bertz CT molecular complexity index is 845. The van der Waals surface area contributed by atoms with Crippen LogP contribution in [0, 0.1) is 0 Å².